The van der Waals surface area contributed by atoms with E-state index in [2.05, 4.69) is 10.3 Å². The van der Waals surface area contributed by atoms with E-state index >= 15 is 0 Å². The topological polar surface area (TPSA) is 91.5 Å². The van der Waals surface area contributed by atoms with Crippen molar-refractivity contribution in [2.75, 3.05) is 18.4 Å². The van der Waals surface area contributed by atoms with Gasteiger partial charge in [0.05, 0.1) is 23.1 Å². The highest BCUT2D eigenvalue weighted by Gasteiger charge is 2.27. The highest BCUT2D eigenvalue weighted by molar-refractivity contribution is 7.89. The molecule has 2 heterocycles. The Morgan fingerprint density at radius 2 is 1.88 bits per heavy atom. The van der Waals surface area contributed by atoms with Crippen LogP contribution in [0.25, 0.3) is 10.9 Å². The van der Waals surface area contributed by atoms with Crippen molar-refractivity contribution in [1.29, 1.82) is 0 Å². The molecule has 0 aliphatic carbocycles. The molecular weight excluding hydrogens is 426 g/mol. The molecular formula is C24H29N3O4S. The number of amides is 1. The molecule has 4 rings (SSSR count). The third-order valence-electron chi connectivity index (χ3n) is 5.57. The first-order valence-electron chi connectivity index (χ1n) is 11.0. The normalized spacial score (nSPS) is 15.2. The summed E-state index contributed by atoms with van der Waals surface area (Å²) >= 11 is 0. The summed E-state index contributed by atoms with van der Waals surface area (Å²) < 4.78 is 33.6. The summed E-state index contributed by atoms with van der Waals surface area (Å²) in [5, 5.41) is 3.86. The summed E-state index contributed by atoms with van der Waals surface area (Å²) in [7, 11) is -3.62. The van der Waals surface area contributed by atoms with Gasteiger partial charge in [0.1, 0.15) is 5.75 Å². The molecule has 0 unspecified atom stereocenters. The van der Waals surface area contributed by atoms with Crippen LogP contribution in [0, 0.1) is 0 Å². The number of hydrogen-bond donors (Lipinski definition) is 2. The molecule has 0 bridgehead atoms. The van der Waals surface area contributed by atoms with Gasteiger partial charge in [-0.3, -0.25) is 4.79 Å². The first-order valence-corrected chi connectivity index (χ1v) is 12.4. The number of aromatic nitrogens is 1. The number of ether oxygens (including phenoxy) is 1. The van der Waals surface area contributed by atoms with Gasteiger partial charge >= 0.3 is 0 Å². The fourth-order valence-electron chi connectivity index (χ4n) is 4.02. The standard InChI is InChI=1S/C24H29N3O4S/c1-17(2)31-23-11-10-19(32(29,30)27-12-6-3-7-13-27)15-22(23)26-24(28)14-18-16-25-21-9-5-4-8-20(18)21/h4-5,8-11,15-17,25H,3,6-7,12-14H2,1-2H3,(H,26,28). The van der Waals surface area contributed by atoms with Gasteiger partial charge in [-0.05, 0) is 56.5 Å². The summed E-state index contributed by atoms with van der Waals surface area (Å²) in [6.45, 7) is 4.82. The molecule has 1 saturated heterocycles. The number of rotatable bonds is 7. The van der Waals surface area contributed by atoms with Gasteiger partial charge in [0.25, 0.3) is 0 Å². The molecule has 1 aliphatic rings. The second-order valence-corrected chi connectivity index (χ2v) is 10.3. The fraction of sp³-hybridized carbons (Fsp3) is 0.375. The van der Waals surface area contributed by atoms with Crippen molar-refractivity contribution in [2.45, 2.75) is 50.5 Å². The average molecular weight is 456 g/mol. The lowest BCUT2D eigenvalue weighted by Gasteiger charge is -2.26. The lowest BCUT2D eigenvalue weighted by molar-refractivity contribution is -0.115. The number of hydrogen-bond acceptors (Lipinski definition) is 4. The predicted octanol–water partition coefficient (Wildman–Crippen LogP) is 4.31. The third kappa shape index (κ3) is 4.81. The molecule has 2 N–H and O–H groups in total. The van der Waals surface area contributed by atoms with E-state index in [-0.39, 0.29) is 23.3 Å². The Labute approximate surface area is 188 Å². The van der Waals surface area contributed by atoms with Crippen LogP contribution >= 0.6 is 0 Å². The Kier molecular flexibility index (Phi) is 6.53. The minimum absolute atomic E-state index is 0.121. The molecule has 0 spiro atoms. The molecule has 1 aromatic heterocycles. The molecule has 3 aromatic rings. The van der Waals surface area contributed by atoms with Gasteiger partial charge in [0, 0.05) is 30.2 Å². The highest BCUT2D eigenvalue weighted by atomic mass is 32.2. The molecule has 1 aliphatic heterocycles. The number of aromatic amines is 1. The van der Waals surface area contributed by atoms with E-state index in [0.29, 0.717) is 24.5 Å². The number of benzene rings is 2. The van der Waals surface area contributed by atoms with Crippen molar-refractivity contribution in [3.05, 3.63) is 54.2 Å². The first kappa shape index (κ1) is 22.4. The average Bonchev–Trinajstić information content (AvgIpc) is 3.18. The number of para-hydroxylation sites is 1. The van der Waals surface area contributed by atoms with Gasteiger partial charge in [0.15, 0.2) is 0 Å². The van der Waals surface area contributed by atoms with E-state index in [1.807, 2.05) is 44.3 Å². The first-order chi connectivity index (χ1) is 15.3. The van der Waals surface area contributed by atoms with Crippen LogP contribution in [0.15, 0.2) is 53.6 Å². The number of piperidine rings is 1. The summed E-state index contributed by atoms with van der Waals surface area (Å²) in [5.74, 6) is 0.209. The number of nitrogens with zero attached hydrogens (tertiary/aromatic N) is 1. The van der Waals surface area contributed by atoms with E-state index in [0.717, 1.165) is 35.7 Å². The van der Waals surface area contributed by atoms with Crippen molar-refractivity contribution in [3.8, 4) is 5.75 Å². The molecule has 8 heteroatoms. The van der Waals surface area contributed by atoms with Gasteiger partial charge in [-0.25, -0.2) is 8.42 Å². The van der Waals surface area contributed by atoms with Crippen molar-refractivity contribution < 1.29 is 17.9 Å². The van der Waals surface area contributed by atoms with E-state index in [1.54, 1.807) is 12.1 Å². The third-order valence-corrected chi connectivity index (χ3v) is 7.46. The second-order valence-electron chi connectivity index (χ2n) is 8.37. The minimum atomic E-state index is -3.62. The van der Waals surface area contributed by atoms with Crippen LogP contribution in [0.4, 0.5) is 5.69 Å². The number of carbonyl (C=O) groups excluding carboxylic acids is 1. The molecule has 7 nitrogen and oxygen atoms in total. The largest absolute Gasteiger partial charge is 0.489 e. The maximum absolute atomic E-state index is 13.1. The number of H-pyrrole nitrogens is 1. The molecule has 0 atom stereocenters. The summed E-state index contributed by atoms with van der Waals surface area (Å²) in [4.78, 5) is 16.2. The Balaban J connectivity index is 1.60. The van der Waals surface area contributed by atoms with Crippen LogP contribution in [-0.2, 0) is 21.2 Å². The monoisotopic (exact) mass is 455 g/mol. The number of fused-ring (bicyclic) bond motifs is 1. The molecule has 2 aromatic carbocycles. The zero-order valence-corrected chi connectivity index (χ0v) is 19.2. The lowest BCUT2D eigenvalue weighted by Crippen LogP contribution is -2.35. The second kappa shape index (κ2) is 9.34. The van der Waals surface area contributed by atoms with Crippen molar-refractivity contribution in [3.63, 3.8) is 0 Å². The summed E-state index contributed by atoms with van der Waals surface area (Å²) in [6, 6.07) is 12.5. The number of sulfonamides is 1. The van der Waals surface area contributed by atoms with Gasteiger partial charge in [-0.1, -0.05) is 24.6 Å². The summed E-state index contributed by atoms with van der Waals surface area (Å²) in [6.07, 6.45) is 4.64. The summed E-state index contributed by atoms with van der Waals surface area (Å²) in [5.41, 5.74) is 2.21. The van der Waals surface area contributed by atoms with Crippen LogP contribution in [0.2, 0.25) is 0 Å². The molecule has 0 radical (unpaired) electrons. The minimum Gasteiger partial charge on any atom is -0.489 e. The lowest BCUT2D eigenvalue weighted by atomic mass is 10.1. The van der Waals surface area contributed by atoms with Crippen LogP contribution in [0.5, 0.6) is 5.75 Å². The van der Waals surface area contributed by atoms with Crippen LogP contribution in [0.3, 0.4) is 0 Å². The molecule has 170 valence electrons. The van der Waals surface area contributed by atoms with Crippen LogP contribution in [-0.4, -0.2) is 42.8 Å². The number of anilines is 1. The van der Waals surface area contributed by atoms with Gasteiger partial charge in [-0.15, -0.1) is 0 Å². The zero-order valence-electron chi connectivity index (χ0n) is 18.4. The Morgan fingerprint density at radius 1 is 1.12 bits per heavy atom. The molecule has 1 fully saturated rings. The fourth-order valence-corrected chi connectivity index (χ4v) is 5.57. The quantitative estimate of drug-likeness (QED) is 0.555. The van der Waals surface area contributed by atoms with E-state index in [9.17, 15) is 13.2 Å². The Hall–Kier alpha value is -2.84. The molecule has 1 amide bonds. The highest BCUT2D eigenvalue weighted by Crippen LogP contribution is 2.31. The number of carbonyl (C=O) groups is 1. The van der Waals surface area contributed by atoms with E-state index in [4.69, 9.17) is 4.74 Å². The predicted molar refractivity (Wildman–Crippen MR) is 125 cm³/mol. The van der Waals surface area contributed by atoms with E-state index in [1.165, 1.54) is 10.4 Å². The number of nitrogens with one attached hydrogen (secondary N) is 2. The van der Waals surface area contributed by atoms with Crippen LogP contribution in [0.1, 0.15) is 38.7 Å². The van der Waals surface area contributed by atoms with Gasteiger partial charge in [-0.2, -0.15) is 4.31 Å². The molecule has 32 heavy (non-hydrogen) atoms. The smallest absolute Gasteiger partial charge is 0.243 e. The Morgan fingerprint density at radius 3 is 2.62 bits per heavy atom. The maximum atomic E-state index is 13.1. The SMILES string of the molecule is CC(C)Oc1ccc(S(=O)(=O)N2CCCCC2)cc1NC(=O)Cc1c[nH]c2ccccc12. The zero-order chi connectivity index (χ0) is 22.7. The van der Waals surface area contributed by atoms with Gasteiger partial charge in [0.2, 0.25) is 15.9 Å². The van der Waals surface area contributed by atoms with Crippen molar-refractivity contribution in [2.24, 2.45) is 0 Å². The maximum Gasteiger partial charge on any atom is 0.243 e. The molecule has 0 saturated carbocycles. The van der Waals surface area contributed by atoms with Crippen LogP contribution < -0.4 is 10.1 Å². The Bertz CT molecular complexity index is 1210. The van der Waals surface area contributed by atoms with Crippen molar-refractivity contribution in [1.82, 2.24) is 9.29 Å². The van der Waals surface area contributed by atoms with Gasteiger partial charge < -0.3 is 15.0 Å². The van der Waals surface area contributed by atoms with Crippen molar-refractivity contribution >= 4 is 32.5 Å². The van der Waals surface area contributed by atoms with E-state index < -0.39 is 10.0 Å².